The summed E-state index contributed by atoms with van der Waals surface area (Å²) in [5.41, 5.74) is 3.71. The van der Waals surface area contributed by atoms with Gasteiger partial charge in [-0.15, -0.1) is 0 Å². The molecular weight excluding hydrogens is 556 g/mol. The number of hydrogen-bond acceptors (Lipinski definition) is 5. The summed E-state index contributed by atoms with van der Waals surface area (Å²) in [5.74, 6) is 0. The fourth-order valence-corrected chi connectivity index (χ4v) is 5.51. The van der Waals surface area contributed by atoms with E-state index in [0.29, 0.717) is 13.0 Å². The topological polar surface area (TPSA) is 84.5 Å². The molecule has 4 aromatic carbocycles. The van der Waals surface area contributed by atoms with E-state index < -0.39 is 27.1 Å². The van der Waals surface area contributed by atoms with Crippen molar-refractivity contribution in [1.82, 2.24) is 10.6 Å². The zero-order valence-corrected chi connectivity index (χ0v) is 26.0. The summed E-state index contributed by atoms with van der Waals surface area (Å²) >= 11 is 0. The number of rotatable bonds is 11. The van der Waals surface area contributed by atoms with Crippen LogP contribution in [0.1, 0.15) is 48.6 Å². The van der Waals surface area contributed by atoms with Crippen molar-refractivity contribution in [2.45, 2.75) is 50.9 Å². The molecule has 1 atom stereocenters. The van der Waals surface area contributed by atoms with Gasteiger partial charge in [-0.1, -0.05) is 121 Å². The van der Waals surface area contributed by atoms with Gasteiger partial charge in [-0.3, -0.25) is 5.32 Å². The third-order valence-electron chi connectivity index (χ3n) is 6.89. The number of carbonyl (C=O) groups excluding carboxylic acids is 1. The van der Waals surface area contributed by atoms with Gasteiger partial charge in [0.2, 0.25) is 0 Å². The predicted octanol–water partition coefficient (Wildman–Crippen LogP) is 6.76. The molecule has 0 saturated heterocycles. The number of carbonyl (C=O) groups is 1. The van der Waals surface area contributed by atoms with E-state index in [0.717, 1.165) is 27.8 Å². The number of hydrogen-bond donors (Lipinski definition) is 2. The second-order valence-corrected chi connectivity index (χ2v) is 13.6. The second kappa shape index (κ2) is 13.8. The predicted molar refractivity (Wildman–Crippen MR) is 173 cm³/mol. The minimum atomic E-state index is -3.37. The average Bonchev–Trinajstić information content (AvgIpc) is 2.98. The third-order valence-corrected chi connectivity index (χ3v) is 7.55. The summed E-state index contributed by atoms with van der Waals surface area (Å²) in [7, 11) is -3.37. The largest absolute Gasteiger partial charge is 0.444 e. The highest BCUT2D eigenvalue weighted by atomic mass is 32.2. The van der Waals surface area contributed by atoms with Gasteiger partial charge in [0.1, 0.15) is 5.60 Å². The molecule has 0 heterocycles. The van der Waals surface area contributed by atoms with Crippen LogP contribution in [-0.4, -0.2) is 32.4 Å². The van der Waals surface area contributed by atoms with Gasteiger partial charge in [-0.05, 0) is 55.0 Å². The van der Waals surface area contributed by atoms with Crippen molar-refractivity contribution < 1.29 is 17.9 Å². The highest BCUT2D eigenvalue weighted by molar-refractivity contribution is 7.93. The van der Waals surface area contributed by atoms with Crippen LogP contribution in [-0.2, 0) is 33.1 Å². The Kier molecular flexibility index (Phi) is 10.2. The molecule has 4 aromatic rings. The van der Waals surface area contributed by atoms with Gasteiger partial charge in [0.05, 0.1) is 5.54 Å². The summed E-state index contributed by atoms with van der Waals surface area (Å²) in [5, 5.41) is 7.95. The van der Waals surface area contributed by atoms with Gasteiger partial charge < -0.3 is 10.1 Å². The van der Waals surface area contributed by atoms with Crippen molar-refractivity contribution in [3.05, 3.63) is 155 Å². The molecule has 7 heteroatoms. The lowest BCUT2D eigenvalue weighted by Gasteiger charge is -2.39. The molecule has 0 radical (unpaired) electrons. The van der Waals surface area contributed by atoms with E-state index in [1.807, 2.05) is 99.6 Å². The first-order chi connectivity index (χ1) is 20.4. The minimum Gasteiger partial charge on any atom is -0.444 e. The lowest BCUT2D eigenvalue weighted by Crippen LogP contribution is -2.50. The second-order valence-electron chi connectivity index (χ2n) is 11.6. The average molecular weight is 597 g/mol. The molecule has 0 saturated carbocycles. The van der Waals surface area contributed by atoms with Crippen LogP contribution < -0.4 is 10.6 Å². The fraction of sp³-hybridized carbons (Fsp3) is 0.250. The van der Waals surface area contributed by atoms with Gasteiger partial charge in [-0.25, -0.2) is 13.2 Å². The highest BCUT2D eigenvalue weighted by Crippen LogP contribution is 2.37. The number of alkyl carbamates (subject to hydrolysis) is 1. The normalized spacial score (nSPS) is 13.0. The standard InChI is InChI=1S/C36H40N2O4S/c1-35(2,3)42-34(39)37-27-29-22-20-28(21-23-29)26-33(24-25-43(4,40)41)38-36(30-14-8-5-9-15-30,31-16-10-6-11-17-31)32-18-12-7-13-19-32/h5-25,33,38H,26-27H2,1-4H3,(H,37,39). The molecule has 0 aliphatic rings. The first-order valence-electron chi connectivity index (χ1n) is 14.3. The number of nitrogens with one attached hydrogen (secondary N) is 2. The number of benzene rings is 4. The van der Waals surface area contributed by atoms with Crippen molar-refractivity contribution in [3.63, 3.8) is 0 Å². The van der Waals surface area contributed by atoms with Gasteiger partial charge in [-0.2, -0.15) is 0 Å². The molecule has 0 aliphatic heterocycles. The Bertz CT molecular complexity index is 1500. The maximum absolute atomic E-state index is 12.3. The van der Waals surface area contributed by atoms with Crippen LogP contribution in [0.3, 0.4) is 0 Å². The van der Waals surface area contributed by atoms with Gasteiger partial charge in [0, 0.05) is 24.3 Å². The SMILES string of the molecule is CC(C)(C)OC(=O)NCc1ccc(CC(C=CS(C)(=O)=O)NC(c2ccccc2)(c2ccccc2)c2ccccc2)cc1. The van der Waals surface area contributed by atoms with Crippen molar-refractivity contribution in [2.24, 2.45) is 0 Å². The summed E-state index contributed by atoms with van der Waals surface area (Å²) in [6.45, 7) is 5.81. The molecule has 0 aliphatic carbocycles. The smallest absolute Gasteiger partial charge is 0.407 e. The number of amides is 1. The maximum Gasteiger partial charge on any atom is 0.407 e. The molecule has 2 N–H and O–H groups in total. The monoisotopic (exact) mass is 596 g/mol. The van der Waals surface area contributed by atoms with E-state index >= 15 is 0 Å². The summed E-state index contributed by atoms with van der Waals surface area (Å²) in [6, 6.07) is 38.2. The summed E-state index contributed by atoms with van der Waals surface area (Å²) < 4.78 is 29.9. The molecule has 0 aromatic heterocycles. The molecule has 224 valence electrons. The van der Waals surface area contributed by atoms with Crippen LogP contribution in [0.4, 0.5) is 4.79 Å². The van der Waals surface area contributed by atoms with Crippen molar-refractivity contribution in [3.8, 4) is 0 Å². The van der Waals surface area contributed by atoms with E-state index in [-0.39, 0.29) is 6.04 Å². The molecule has 0 spiro atoms. The molecule has 4 rings (SSSR count). The molecule has 6 nitrogen and oxygen atoms in total. The molecular formula is C36H40N2O4S. The van der Waals surface area contributed by atoms with E-state index in [4.69, 9.17) is 4.74 Å². The minimum absolute atomic E-state index is 0.337. The molecule has 43 heavy (non-hydrogen) atoms. The van der Waals surface area contributed by atoms with Crippen LogP contribution in [0, 0.1) is 0 Å². The van der Waals surface area contributed by atoms with Gasteiger partial charge in [0.15, 0.2) is 9.84 Å². The zero-order valence-electron chi connectivity index (χ0n) is 25.2. The van der Waals surface area contributed by atoms with Crippen molar-refractivity contribution >= 4 is 15.9 Å². The number of sulfone groups is 1. The Morgan fingerprint density at radius 1 is 0.744 bits per heavy atom. The van der Waals surface area contributed by atoms with Crippen molar-refractivity contribution in [2.75, 3.05) is 6.26 Å². The summed E-state index contributed by atoms with van der Waals surface area (Å²) in [4.78, 5) is 12.1. The molecule has 0 bridgehead atoms. The van der Waals surface area contributed by atoms with Crippen LogP contribution in [0.5, 0.6) is 0 Å². The quantitative estimate of drug-likeness (QED) is 0.187. The Hall–Kier alpha value is -4.20. The lowest BCUT2D eigenvalue weighted by atomic mass is 9.76. The molecule has 0 fully saturated rings. The molecule has 1 amide bonds. The Morgan fingerprint density at radius 3 is 1.60 bits per heavy atom. The Balaban J connectivity index is 1.70. The van der Waals surface area contributed by atoms with Crippen LogP contribution in [0.25, 0.3) is 0 Å². The van der Waals surface area contributed by atoms with Crippen LogP contribution in [0.15, 0.2) is 127 Å². The first-order valence-corrected chi connectivity index (χ1v) is 16.3. The number of ether oxygens (including phenoxy) is 1. The zero-order chi connectivity index (χ0) is 30.9. The van der Waals surface area contributed by atoms with Gasteiger partial charge >= 0.3 is 6.09 Å². The van der Waals surface area contributed by atoms with Crippen LogP contribution >= 0.6 is 0 Å². The van der Waals surface area contributed by atoms with E-state index in [1.54, 1.807) is 6.08 Å². The lowest BCUT2D eigenvalue weighted by molar-refractivity contribution is 0.0523. The van der Waals surface area contributed by atoms with Crippen LogP contribution in [0.2, 0.25) is 0 Å². The maximum atomic E-state index is 12.3. The van der Waals surface area contributed by atoms with E-state index in [2.05, 4.69) is 47.0 Å². The fourth-order valence-electron chi connectivity index (χ4n) is 5.03. The third kappa shape index (κ3) is 9.14. The molecule has 1 unspecified atom stereocenters. The Labute approximate surface area is 255 Å². The van der Waals surface area contributed by atoms with E-state index in [9.17, 15) is 13.2 Å². The summed E-state index contributed by atoms with van der Waals surface area (Å²) in [6.07, 6.45) is 2.99. The first kappa shape index (κ1) is 31.7. The van der Waals surface area contributed by atoms with E-state index in [1.165, 1.54) is 11.7 Å². The van der Waals surface area contributed by atoms with Gasteiger partial charge in [0.25, 0.3) is 0 Å². The highest BCUT2D eigenvalue weighted by Gasteiger charge is 2.37. The Morgan fingerprint density at radius 2 is 1.19 bits per heavy atom. The van der Waals surface area contributed by atoms with Crippen molar-refractivity contribution in [1.29, 1.82) is 0 Å².